The maximum atomic E-state index is 12.3. The third-order valence-corrected chi connectivity index (χ3v) is 5.32. The fourth-order valence-electron chi connectivity index (χ4n) is 2.57. The van der Waals surface area contributed by atoms with Gasteiger partial charge in [-0.05, 0) is 31.5 Å². The lowest BCUT2D eigenvalue weighted by Crippen LogP contribution is -2.30. The van der Waals surface area contributed by atoms with Crippen LogP contribution in [-0.2, 0) is 14.8 Å². The topological polar surface area (TPSA) is 89.3 Å². The van der Waals surface area contributed by atoms with E-state index in [1.165, 1.54) is 19.1 Å². The Kier molecular flexibility index (Phi) is 4.96. The Labute approximate surface area is 157 Å². The summed E-state index contributed by atoms with van der Waals surface area (Å²) in [6.07, 6.45) is 0. The molecule has 0 fully saturated rings. The van der Waals surface area contributed by atoms with E-state index >= 15 is 0 Å². The van der Waals surface area contributed by atoms with Crippen LogP contribution in [0.25, 0.3) is 22.4 Å². The third kappa shape index (κ3) is 3.83. The molecule has 0 aliphatic rings. The van der Waals surface area contributed by atoms with Gasteiger partial charge in [0.1, 0.15) is 11.5 Å². The summed E-state index contributed by atoms with van der Waals surface area (Å²) in [7, 11) is -3.96. The van der Waals surface area contributed by atoms with E-state index in [0.717, 1.165) is 16.7 Å². The number of nitrogens with zero attached hydrogens (tertiary/aromatic N) is 1. The molecule has 27 heavy (non-hydrogen) atoms. The second-order valence-electron chi connectivity index (χ2n) is 6.07. The molecule has 0 unspecified atom stereocenters. The number of benzene rings is 2. The highest BCUT2D eigenvalue weighted by molar-refractivity contribution is 7.90. The van der Waals surface area contributed by atoms with Gasteiger partial charge in [-0.15, -0.1) is 0 Å². The van der Waals surface area contributed by atoms with Crippen molar-refractivity contribution in [1.29, 1.82) is 0 Å². The highest BCUT2D eigenvalue weighted by Gasteiger charge is 2.20. The normalized spacial score (nSPS) is 11.2. The Morgan fingerprint density at radius 2 is 1.67 bits per heavy atom. The summed E-state index contributed by atoms with van der Waals surface area (Å²) in [5.74, 6) is -0.111. The van der Waals surface area contributed by atoms with Gasteiger partial charge in [0.15, 0.2) is 0 Å². The molecule has 1 aromatic heterocycles. The molecule has 0 radical (unpaired) electrons. The van der Waals surface area contributed by atoms with Crippen molar-refractivity contribution < 1.29 is 17.7 Å². The van der Waals surface area contributed by atoms with Gasteiger partial charge in [0, 0.05) is 11.1 Å². The van der Waals surface area contributed by atoms with Gasteiger partial charge in [0.2, 0.25) is 0 Å². The van der Waals surface area contributed by atoms with E-state index < -0.39 is 15.9 Å². The molecule has 0 aliphatic heterocycles. The number of sulfonamides is 1. The minimum atomic E-state index is -3.96. The fraction of sp³-hybridized carbons (Fsp3) is 0.100. The Hall–Kier alpha value is -3.19. The predicted octanol–water partition coefficient (Wildman–Crippen LogP) is 3.70. The first-order valence-corrected chi connectivity index (χ1v) is 9.62. The summed E-state index contributed by atoms with van der Waals surface area (Å²) in [5, 5.41) is 4.13. The molecule has 1 heterocycles. The summed E-state index contributed by atoms with van der Waals surface area (Å²) in [6, 6.07) is 15.8. The molecule has 0 spiro atoms. The number of hydrogen-bond acceptors (Lipinski definition) is 5. The lowest BCUT2D eigenvalue weighted by atomic mass is 10.00. The van der Waals surface area contributed by atoms with Crippen molar-refractivity contribution in [1.82, 2.24) is 9.88 Å². The number of nitrogens with one attached hydrogen (secondary N) is 1. The molecule has 3 aromatic rings. The van der Waals surface area contributed by atoms with Crippen molar-refractivity contribution in [3.63, 3.8) is 0 Å². The van der Waals surface area contributed by atoms with E-state index in [1.54, 1.807) is 19.1 Å². The first kappa shape index (κ1) is 18.6. The molecule has 3 rings (SSSR count). The van der Waals surface area contributed by atoms with Gasteiger partial charge in [-0.1, -0.05) is 54.2 Å². The number of carbonyl (C=O) groups is 1. The zero-order valence-corrected chi connectivity index (χ0v) is 15.7. The molecule has 0 saturated carbocycles. The number of aromatic nitrogens is 1. The third-order valence-electron chi connectivity index (χ3n) is 3.98. The largest absolute Gasteiger partial charge is 0.360 e. The van der Waals surface area contributed by atoms with Crippen LogP contribution in [0, 0.1) is 6.92 Å². The molecule has 0 bridgehead atoms. The molecule has 2 aromatic carbocycles. The molecule has 0 atom stereocenters. The van der Waals surface area contributed by atoms with Gasteiger partial charge < -0.3 is 4.52 Å². The summed E-state index contributed by atoms with van der Waals surface area (Å²) in [4.78, 5) is 11.6. The minimum Gasteiger partial charge on any atom is -0.360 e. The van der Waals surface area contributed by atoms with Crippen molar-refractivity contribution in [2.75, 3.05) is 0 Å². The number of aryl methyl sites for hydroxylation is 1. The molecule has 1 amide bonds. The SMILES string of the molecule is C=C(C)C(=O)NS(=O)(=O)c1ccc(-c2c(-c3ccccc3)noc2C)cc1. The Balaban J connectivity index is 1.97. The maximum Gasteiger partial charge on any atom is 0.264 e. The molecular formula is C20H18N2O4S. The van der Waals surface area contributed by atoms with Gasteiger partial charge in [0.25, 0.3) is 15.9 Å². The maximum absolute atomic E-state index is 12.3. The van der Waals surface area contributed by atoms with Crippen molar-refractivity contribution in [2.45, 2.75) is 18.7 Å². The minimum absolute atomic E-state index is 0.0174. The monoisotopic (exact) mass is 382 g/mol. The van der Waals surface area contributed by atoms with Crippen LogP contribution in [0.4, 0.5) is 0 Å². The number of hydrogen-bond donors (Lipinski definition) is 1. The van der Waals surface area contributed by atoms with Crippen LogP contribution in [0.1, 0.15) is 12.7 Å². The fourth-order valence-corrected chi connectivity index (χ4v) is 3.60. The first-order chi connectivity index (χ1) is 12.8. The zero-order valence-electron chi connectivity index (χ0n) is 14.9. The summed E-state index contributed by atoms with van der Waals surface area (Å²) in [6.45, 7) is 6.67. The van der Waals surface area contributed by atoms with E-state index in [4.69, 9.17) is 4.52 Å². The van der Waals surface area contributed by atoms with Crippen LogP contribution in [0.2, 0.25) is 0 Å². The van der Waals surface area contributed by atoms with Gasteiger partial charge in [-0.25, -0.2) is 13.1 Å². The molecule has 0 saturated heterocycles. The standard InChI is InChI=1S/C20H18N2O4S/c1-13(2)20(23)22-27(24,25)17-11-9-15(10-12-17)18-14(3)26-21-19(18)16-7-5-4-6-8-16/h4-12H,1H2,2-3H3,(H,22,23). The lowest BCUT2D eigenvalue weighted by Gasteiger charge is -2.08. The molecule has 138 valence electrons. The van der Waals surface area contributed by atoms with Gasteiger partial charge in [-0.2, -0.15) is 0 Å². The van der Waals surface area contributed by atoms with E-state index in [1.807, 2.05) is 35.1 Å². The van der Waals surface area contributed by atoms with Crippen LogP contribution in [-0.4, -0.2) is 19.5 Å². The summed E-state index contributed by atoms with van der Waals surface area (Å²) in [5.41, 5.74) is 3.24. The van der Waals surface area contributed by atoms with E-state index in [9.17, 15) is 13.2 Å². The average molecular weight is 382 g/mol. The quantitative estimate of drug-likeness (QED) is 0.680. The highest BCUT2D eigenvalue weighted by atomic mass is 32.2. The molecule has 0 aliphatic carbocycles. The Morgan fingerprint density at radius 1 is 1.04 bits per heavy atom. The highest BCUT2D eigenvalue weighted by Crippen LogP contribution is 2.34. The average Bonchev–Trinajstić information content (AvgIpc) is 3.03. The number of amides is 1. The van der Waals surface area contributed by atoms with Crippen LogP contribution >= 0.6 is 0 Å². The van der Waals surface area contributed by atoms with Gasteiger partial charge in [-0.3, -0.25) is 4.79 Å². The van der Waals surface area contributed by atoms with Crippen molar-refractivity contribution in [3.05, 3.63) is 72.5 Å². The van der Waals surface area contributed by atoms with Crippen LogP contribution in [0.3, 0.4) is 0 Å². The van der Waals surface area contributed by atoms with E-state index in [2.05, 4.69) is 11.7 Å². The Bertz CT molecular complexity index is 1100. The second-order valence-corrected chi connectivity index (χ2v) is 7.75. The summed E-state index contributed by atoms with van der Waals surface area (Å²) < 4.78 is 31.9. The summed E-state index contributed by atoms with van der Waals surface area (Å²) >= 11 is 0. The van der Waals surface area contributed by atoms with Gasteiger partial charge in [0.05, 0.1) is 10.5 Å². The number of rotatable bonds is 5. The molecular weight excluding hydrogens is 364 g/mol. The smallest absolute Gasteiger partial charge is 0.264 e. The lowest BCUT2D eigenvalue weighted by molar-refractivity contribution is -0.115. The van der Waals surface area contributed by atoms with Crippen LogP contribution in [0.5, 0.6) is 0 Å². The first-order valence-electron chi connectivity index (χ1n) is 8.14. The number of carbonyl (C=O) groups excluding carboxylic acids is 1. The molecule has 1 N–H and O–H groups in total. The van der Waals surface area contributed by atoms with Gasteiger partial charge >= 0.3 is 0 Å². The van der Waals surface area contributed by atoms with Crippen LogP contribution in [0.15, 0.2) is 76.2 Å². The van der Waals surface area contributed by atoms with Crippen molar-refractivity contribution >= 4 is 15.9 Å². The van der Waals surface area contributed by atoms with Crippen molar-refractivity contribution in [3.8, 4) is 22.4 Å². The second kappa shape index (κ2) is 7.20. The molecule has 7 heteroatoms. The van der Waals surface area contributed by atoms with Crippen molar-refractivity contribution in [2.24, 2.45) is 0 Å². The van der Waals surface area contributed by atoms with E-state index in [-0.39, 0.29) is 10.5 Å². The predicted molar refractivity (Wildman–Crippen MR) is 102 cm³/mol. The molecule has 6 nitrogen and oxygen atoms in total. The van der Waals surface area contributed by atoms with Crippen LogP contribution < -0.4 is 4.72 Å². The van der Waals surface area contributed by atoms with E-state index in [0.29, 0.717) is 11.5 Å². The zero-order chi connectivity index (χ0) is 19.6. The Morgan fingerprint density at radius 3 is 2.26 bits per heavy atom.